The van der Waals surface area contributed by atoms with Crippen LogP contribution in [0.1, 0.15) is 66.2 Å². The summed E-state index contributed by atoms with van der Waals surface area (Å²) in [4.78, 5) is 0. The number of rotatable bonds is 10. The van der Waals surface area contributed by atoms with E-state index < -0.39 is 7.26 Å². The van der Waals surface area contributed by atoms with Gasteiger partial charge in [0.25, 0.3) is 0 Å². The third kappa shape index (κ3) is 8.28. The number of hydrogen-bond donors (Lipinski definition) is 0. The first-order chi connectivity index (χ1) is 7.24. The maximum Gasteiger partial charge on any atom is 0.0594 e. The average molecular weight is 358 g/mol. The summed E-state index contributed by atoms with van der Waals surface area (Å²) in [5.41, 5.74) is 0. The van der Waals surface area contributed by atoms with E-state index in [9.17, 15) is 0 Å². The van der Waals surface area contributed by atoms with Gasteiger partial charge in [0, 0.05) is 7.26 Å². The molecule has 0 bridgehead atoms. The van der Waals surface area contributed by atoms with Crippen LogP contribution in [0.2, 0.25) is 0 Å². The van der Waals surface area contributed by atoms with Crippen LogP contribution in [-0.4, -0.2) is 24.6 Å². The molecule has 0 rings (SSSR count). The van der Waals surface area contributed by atoms with Gasteiger partial charge in [0.15, 0.2) is 0 Å². The van der Waals surface area contributed by atoms with Crippen molar-refractivity contribution in [3.8, 4) is 0 Å². The highest BCUT2D eigenvalue weighted by Crippen LogP contribution is 2.58. The van der Waals surface area contributed by atoms with E-state index in [1.807, 2.05) is 0 Å². The lowest BCUT2D eigenvalue weighted by molar-refractivity contribution is -0.00000355. The van der Waals surface area contributed by atoms with Crippen molar-refractivity contribution in [3.05, 3.63) is 0 Å². The van der Waals surface area contributed by atoms with E-state index in [4.69, 9.17) is 0 Å². The molecule has 0 unspecified atom stereocenters. The minimum absolute atomic E-state index is 0. The van der Waals surface area contributed by atoms with Gasteiger partial charge in [0.2, 0.25) is 0 Å². The molecule has 0 aromatic rings. The van der Waals surface area contributed by atoms with Crippen LogP contribution in [-0.2, 0) is 0 Å². The molecular formula is C14H32IP. The van der Waals surface area contributed by atoms with Crippen molar-refractivity contribution >= 4 is 7.26 Å². The maximum absolute atomic E-state index is 2.41. The van der Waals surface area contributed by atoms with Crippen molar-refractivity contribution in [2.24, 2.45) is 0 Å². The summed E-state index contributed by atoms with van der Waals surface area (Å²) in [6.07, 6.45) is 14.8. The molecule has 0 radical (unpaired) electrons. The molecule has 0 aliphatic rings. The van der Waals surface area contributed by atoms with Crippen LogP contribution in [0.15, 0.2) is 0 Å². The second kappa shape index (κ2) is 12.6. The Labute approximate surface area is 122 Å². The highest BCUT2D eigenvalue weighted by molar-refractivity contribution is 7.75. The molecule has 0 atom stereocenters. The van der Waals surface area contributed by atoms with Crippen molar-refractivity contribution in [1.82, 2.24) is 0 Å². The average Bonchev–Trinajstić information content (AvgIpc) is 2.29. The lowest BCUT2D eigenvalue weighted by Crippen LogP contribution is -3.00. The molecule has 0 N–H and O–H groups in total. The van der Waals surface area contributed by atoms with E-state index in [1.165, 1.54) is 57.0 Å². The van der Waals surface area contributed by atoms with Crippen LogP contribution in [0.4, 0.5) is 0 Å². The van der Waals surface area contributed by atoms with E-state index in [0.29, 0.717) is 0 Å². The Morgan fingerprint density at radius 1 is 0.625 bits per heavy atom. The first-order valence-corrected chi connectivity index (χ1v) is 9.62. The molecule has 0 spiro atoms. The molecule has 0 amide bonds. The van der Waals surface area contributed by atoms with Gasteiger partial charge in [-0.2, -0.15) is 0 Å². The van der Waals surface area contributed by atoms with Crippen molar-refractivity contribution in [1.29, 1.82) is 0 Å². The molecule has 0 fully saturated rings. The third-order valence-corrected chi connectivity index (χ3v) is 9.29. The molecule has 0 aliphatic heterocycles. The van der Waals surface area contributed by atoms with Gasteiger partial charge in [-0.3, -0.25) is 0 Å². The van der Waals surface area contributed by atoms with E-state index in [2.05, 4.69) is 27.7 Å². The standard InChI is InChI=1S/C14H32P.HI/c1-5-9-10-11-12-13-14-15(6-2,7-3)8-4;/h5-14H2,1-4H3;1H/q+1;/p-1. The zero-order valence-corrected chi connectivity index (χ0v) is 14.9. The molecule has 0 saturated heterocycles. The van der Waals surface area contributed by atoms with Gasteiger partial charge in [-0.15, -0.1) is 0 Å². The molecule has 100 valence electrons. The summed E-state index contributed by atoms with van der Waals surface area (Å²) >= 11 is 0. The highest BCUT2D eigenvalue weighted by Gasteiger charge is 2.29. The van der Waals surface area contributed by atoms with Gasteiger partial charge < -0.3 is 24.0 Å². The smallest absolute Gasteiger partial charge is 0.0594 e. The van der Waals surface area contributed by atoms with Gasteiger partial charge in [-0.25, -0.2) is 0 Å². The summed E-state index contributed by atoms with van der Waals surface area (Å²) in [6, 6.07) is 0. The van der Waals surface area contributed by atoms with Crippen LogP contribution in [0, 0.1) is 0 Å². The highest BCUT2D eigenvalue weighted by atomic mass is 127. The van der Waals surface area contributed by atoms with Gasteiger partial charge >= 0.3 is 0 Å². The van der Waals surface area contributed by atoms with Crippen molar-refractivity contribution < 1.29 is 24.0 Å². The number of halogens is 1. The van der Waals surface area contributed by atoms with Crippen LogP contribution in [0.3, 0.4) is 0 Å². The van der Waals surface area contributed by atoms with Crippen molar-refractivity contribution in [2.75, 3.05) is 24.6 Å². The van der Waals surface area contributed by atoms with Crippen LogP contribution in [0.25, 0.3) is 0 Å². The normalized spacial score (nSPS) is 11.2. The van der Waals surface area contributed by atoms with Crippen molar-refractivity contribution in [2.45, 2.75) is 66.2 Å². The fourth-order valence-corrected chi connectivity index (χ4v) is 5.56. The third-order valence-electron chi connectivity index (χ3n) is 4.00. The lowest BCUT2D eigenvalue weighted by atomic mass is 10.1. The fourth-order valence-electron chi connectivity index (χ4n) is 2.37. The fraction of sp³-hybridized carbons (Fsp3) is 1.00. The second-order valence-electron chi connectivity index (χ2n) is 4.78. The summed E-state index contributed by atoms with van der Waals surface area (Å²) in [5.74, 6) is 0. The molecular weight excluding hydrogens is 326 g/mol. The topological polar surface area (TPSA) is 0 Å². The van der Waals surface area contributed by atoms with Crippen LogP contribution in [0.5, 0.6) is 0 Å². The Morgan fingerprint density at radius 3 is 1.50 bits per heavy atom. The molecule has 0 aliphatic carbocycles. The Morgan fingerprint density at radius 2 is 1.06 bits per heavy atom. The summed E-state index contributed by atoms with van der Waals surface area (Å²) in [7, 11) is -0.494. The van der Waals surface area contributed by atoms with E-state index in [-0.39, 0.29) is 24.0 Å². The molecule has 0 aromatic carbocycles. The number of unbranched alkanes of at least 4 members (excludes halogenated alkanes) is 5. The molecule has 0 saturated carbocycles. The monoisotopic (exact) mass is 358 g/mol. The quantitative estimate of drug-likeness (QED) is 0.320. The van der Waals surface area contributed by atoms with Gasteiger partial charge in [0.05, 0.1) is 24.6 Å². The predicted molar refractivity (Wildman–Crippen MR) is 76.8 cm³/mol. The molecule has 0 heterocycles. The van der Waals surface area contributed by atoms with Gasteiger partial charge in [0.1, 0.15) is 0 Å². The summed E-state index contributed by atoms with van der Waals surface area (Å²) < 4.78 is 0. The van der Waals surface area contributed by atoms with E-state index in [1.54, 1.807) is 6.16 Å². The molecule has 0 aromatic heterocycles. The Balaban J connectivity index is 0. The van der Waals surface area contributed by atoms with Gasteiger partial charge in [-0.1, -0.05) is 32.6 Å². The lowest BCUT2D eigenvalue weighted by Gasteiger charge is -2.23. The van der Waals surface area contributed by atoms with Crippen LogP contribution >= 0.6 is 7.26 Å². The summed E-state index contributed by atoms with van der Waals surface area (Å²) in [5, 5.41) is 0. The zero-order valence-electron chi connectivity index (χ0n) is 11.9. The Kier molecular flexibility index (Phi) is 15.4. The first-order valence-electron chi connectivity index (χ1n) is 7.09. The largest absolute Gasteiger partial charge is 1.00 e. The molecule has 2 heteroatoms. The summed E-state index contributed by atoms with van der Waals surface area (Å²) in [6.45, 7) is 9.54. The van der Waals surface area contributed by atoms with E-state index in [0.717, 1.165) is 0 Å². The van der Waals surface area contributed by atoms with E-state index >= 15 is 0 Å². The molecule has 0 nitrogen and oxygen atoms in total. The Hall–Kier alpha value is 1.16. The SMILES string of the molecule is CCCCCCCC[P+](CC)(CC)CC.[I-]. The number of hydrogen-bond acceptors (Lipinski definition) is 0. The second-order valence-corrected chi connectivity index (χ2v) is 9.81. The van der Waals surface area contributed by atoms with Crippen LogP contribution < -0.4 is 24.0 Å². The Bertz CT molecular complexity index is 124. The molecule has 16 heavy (non-hydrogen) atoms. The van der Waals surface area contributed by atoms with Crippen molar-refractivity contribution in [3.63, 3.8) is 0 Å². The van der Waals surface area contributed by atoms with Gasteiger partial charge in [-0.05, 0) is 33.6 Å². The minimum atomic E-state index is -0.494. The predicted octanol–water partition coefficient (Wildman–Crippen LogP) is 2.43. The first kappa shape index (κ1) is 19.5. The maximum atomic E-state index is 2.41. The zero-order chi connectivity index (χ0) is 11.6. The minimum Gasteiger partial charge on any atom is -1.00 e.